The second-order valence-corrected chi connectivity index (χ2v) is 5.11. The van der Waals surface area contributed by atoms with Gasteiger partial charge < -0.3 is 11.1 Å². The van der Waals surface area contributed by atoms with Gasteiger partial charge in [-0.1, -0.05) is 6.92 Å². The van der Waals surface area contributed by atoms with Crippen LogP contribution >= 0.6 is 0 Å². The summed E-state index contributed by atoms with van der Waals surface area (Å²) in [5, 5.41) is 3.34. The minimum absolute atomic E-state index is 0.120. The van der Waals surface area contributed by atoms with Gasteiger partial charge in [0.1, 0.15) is 0 Å². The van der Waals surface area contributed by atoms with E-state index in [2.05, 4.69) is 5.32 Å². The fourth-order valence-corrected chi connectivity index (χ4v) is 2.49. The van der Waals surface area contributed by atoms with Gasteiger partial charge >= 0.3 is 0 Å². The molecule has 2 rings (SSSR count). The molecule has 3 nitrogen and oxygen atoms in total. The van der Waals surface area contributed by atoms with E-state index < -0.39 is 0 Å². The highest BCUT2D eigenvalue weighted by molar-refractivity contribution is 5.79. The normalized spacial score (nSPS) is 23.1. The number of nitrogens with one attached hydrogen (secondary N) is 1. The maximum Gasteiger partial charge on any atom is 0.234 e. The van der Waals surface area contributed by atoms with Crippen molar-refractivity contribution >= 4 is 5.91 Å². The third kappa shape index (κ3) is 2.94. The first-order valence-electron chi connectivity index (χ1n) is 6.25. The van der Waals surface area contributed by atoms with Gasteiger partial charge in [0.2, 0.25) is 5.91 Å². The molecule has 1 amide bonds. The van der Waals surface area contributed by atoms with Crippen LogP contribution in [0.5, 0.6) is 0 Å². The largest absolute Gasteiger partial charge is 0.368 e. The molecule has 3 N–H and O–H groups in total. The van der Waals surface area contributed by atoms with Crippen LogP contribution in [0.4, 0.5) is 0 Å². The van der Waals surface area contributed by atoms with Crippen molar-refractivity contribution in [1.29, 1.82) is 0 Å². The quantitative estimate of drug-likeness (QED) is 0.665. The lowest BCUT2D eigenvalue weighted by molar-refractivity contribution is -0.120. The van der Waals surface area contributed by atoms with Gasteiger partial charge in [0.05, 0.1) is 6.04 Å². The second-order valence-electron chi connectivity index (χ2n) is 5.11. The van der Waals surface area contributed by atoms with E-state index >= 15 is 0 Å². The summed E-state index contributed by atoms with van der Waals surface area (Å²) in [5.41, 5.74) is 5.32. The number of amides is 1. The fraction of sp³-hybridized carbons (Fsp3) is 0.917. The van der Waals surface area contributed by atoms with E-state index in [0.717, 1.165) is 30.7 Å². The number of carbonyl (C=O) groups excluding carboxylic acids is 1. The molecule has 0 radical (unpaired) electrons. The molecule has 0 aromatic heterocycles. The van der Waals surface area contributed by atoms with Gasteiger partial charge in [-0.15, -0.1) is 0 Å². The van der Waals surface area contributed by atoms with Crippen LogP contribution in [-0.4, -0.2) is 18.5 Å². The summed E-state index contributed by atoms with van der Waals surface area (Å²) in [5.74, 6) is 2.49. The minimum Gasteiger partial charge on any atom is -0.368 e. The molecular formula is C12H22N2O. The molecule has 0 saturated heterocycles. The highest BCUT2D eigenvalue weighted by Gasteiger charge is 2.41. The van der Waals surface area contributed by atoms with Gasteiger partial charge in [0.25, 0.3) is 0 Å². The van der Waals surface area contributed by atoms with Crippen molar-refractivity contribution in [2.75, 3.05) is 6.54 Å². The van der Waals surface area contributed by atoms with E-state index in [4.69, 9.17) is 5.73 Å². The first-order chi connectivity index (χ1) is 7.22. The van der Waals surface area contributed by atoms with Crippen LogP contribution in [0, 0.1) is 17.8 Å². The van der Waals surface area contributed by atoms with E-state index in [1.165, 1.54) is 25.7 Å². The Morgan fingerprint density at radius 2 is 1.87 bits per heavy atom. The van der Waals surface area contributed by atoms with Crippen molar-refractivity contribution in [3.63, 3.8) is 0 Å². The number of carbonyl (C=O) groups is 1. The van der Waals surface area contributed by atoms with E-state index in [9.17, 15) is 4.79 Å². The minimum atomic E-state index is -0.206. The summed E-state index contributed by atoms with van der Waals surface area (Å²) in [4.78, 5) is 11.1. The maximum atomic E-state index is 11.1. The Kier molecular flexibility index (Phi) is 3.29. The fourth-order valence-electron chi connectivity index (χ4n) is 2.49. The van der Waals surface area contributed by atoms with Gasteiger partial charge in [-0.05, 0) is 56.4 Å². The Morgan fingerprint density at radius 1 is 1.33 bits per heavy atom. The SMILES string of the molecule is CCC(NCC(C1CC1)C1CC1)C(N)=O. The Labute approximate surface area is 91.8 Å². The van der Waals surface area contributed by atoms with Crippen molar-refractivity contribution < 1.29 is 4.79 Å². The Morgan fingerprint density at radius 3 is 2.20 bits per heavy atom. The monoisotopic (exact) mass is 210 g/mol. The molecule has 0 aromatic rings. The zero-order valence-corrected chi connectivity index (χ0v) is 9.54. The van der Waals surface area contributed by atoms with E-state index in [0.29, 0.717) is 0 Å². The maximum absolute atomic E-state index is 11.1. The van der Waals surface area contributed by atoms with Crippen molar-refractivity contribution in [2.45, 2.75) is 45.1 Å². The van der Waals surface area contributed by atoms with Gasteiger partial charge in [-0.2, -0.15) is 0 Å². The number of hydrogen-bond acceptors (Lipinski definition) is 2. The number of primary amides is 1. The molecule has 0 heterocycles. The van der Waals surface area contributed by atoms with Crippen molar-refractivity contribution in [3.8, 4) is 0 Å². The van der Waals surface area contributed by atoms with Crippen LogP contribution in [-0.2, 0) is 4.79 Å². The molecule has 2 saturated carbocycles. The van der Waals surface area contributed by atoms with Gasteiger partial charge in [-0.25, -0.2) is 0 Å². The molecule has 1 atom stereocenters. The summed E-state index contributed by atoms with van der Waals surface area (Å²) < 4.78 is 0. The molecule has 0 spiro atoms. The predicted molar refractivity (Wildman–Crippen MR) is 60.2 cm³/mol. The average Bonchev–Trinajstić information content (AvgIpc) is 3.00. The molecule has 0 aliphatic heterocycles. The molecule has 1 unspecified atom stereocenters. The summed E-state index contributed by atoms with van der Waals surface area (Å²) >= 11 is 0. The zero-order valence-electron chi connectivity index (χ0n) is 9.54. The van der Waals surface area contributed by atoms with Crippen molar-refractivity contribution in [2.24, 2.45) is 23.5 Å². The topological polar surface area (TPSA) is 55.1 Å². The van der Waals surface area contributed by atoms with Crippen LogP contribution in [0.15, 0.2) is 0 Å². The number of rotatable bonds is 7. The van der Waals surface area contributed by atoms with Crippen LogP contribution < -0.4 is 11.1 Å². The molecular weight excluding hydrogens is 188 g/mol. The molecule has 0 bridgehead atoms. The molecule has 2 fully saturated rings. The highest BCUT2D eigenvalue weighted by Crippen LogP contribution is 2.48. The standard InChI is InChI=1S/C12H22N2O/c1-2-11(12(13)15)14-7-10(8-3-4-8)9-5-6-9/h8-11,14H,2-7H2,1H3,(H2,13,15). The Hall–Kier alpha value is -0.570. The molecule has 3 heteroatoms. The Bertz CT molecular complexity index is 222. The van der Waals surface area contributed by atoms with Crippen LogP contribution in [0.3, 0.4) is 0 Å². The first-order valence-corrected chi connectivity index (χ1v) is 6.25. The molecule has 15 heavy (non-hydrogen) atoms. The highest BCUT2D eigenvalue weighted by atomic mass is 16.1. The van der Waals surface area contributed by atoms with Crippen LogP contribution in [0.2, 0.25) is 0 Å². The lowest BCUT2D eigenvalue weighted by Gasteiger charge is -2.20. The summed E-state index contributed by atoms with van der Waals surface area (Å²) in [7, 11) is 0. The smallest absolute Gasteiger partial charge is 0.234 e. The lowest BCUT2D eigenvalue weighted by Crippen LogP contribution is -2.43. The van der Waals surface area contributed by atoms with Gasteiger partial charge in [0, 0.05) is 0 Å². The lowest BCUT2D eigenvalue weighted by atomic mass is 9.97. The zero-order chi connectivity index (χ0) is 10.8. The predicted octanol–water partition coefficient (Wildman–Crippen LogP) is 1.28. The van der Waals surface area contributed by atoms with Crippen molar-refractivity contribution in [3.05, 3.63) is 0 Å². The van der Waals surface area contributed by atoms with Crippen molar-refractivity contribution in [1.82, 2.24) is 5.32 Å². The third-order valence-electron chi connectivity index (χ3n) is 3.81. The number of nitrogens with two attached hydrogens (primary N) is 1. The molecule has 0 aromatic carbocycles. The Balaban J connectivity index is 1.76. The first kappa shape index (κ1) is 10.9. The van der Waals surface area contributed by atoms with Crippen LogP contribution in [0.25, 0.3) is 0 Å². The second kappa shape index (κ2) is 4.52. The summed E-state index contributed by atoms with van der Waals surface area (Å²) in [6.07, 6.45) is 6.40. The van der Waals surface area contributed by atoms with Gasteiger partial charge in [0.15, 0.2) is 0 Å². The third-order valence-corrected chi connectivity index (χ3v) is 3.81. The number of hydrogen-bond donors (Lipinski definition) is 2. The summed E-state index contributed by atoms with van der Waals surface area (Å²) in [6.45, 7) is 3.00. The average molecular weight is 210 g/mol. The molecule has 2 aliphatic carbocycles. The molecule has 86 valence electrons. The van der Waals surface area contributed by atoms with E-state index in [1.807, 2.05) is 6.92 Å². The van der Waals surface area contributed by atoms with E-state index in [1.54, 1.807) is 0 Å². The van der Waals surface area contributed by atoms with E-state index in [-0.39, 0.29) is 11.9 Å². The molecule has 2 aliphatic rings. The summed E-state index contributed by atoms with van der Waals surface area (Å²) in [6, 6.07) is -0.120. The van der Waals surface area contributed by atoms with Gasteiger partial charge in [-0.3, -0.25) is 4.79 Å². The van der Waals surface area contributed by atoms with Crippen LogP contribution in [0.1, 0.15) is 39.0 Å².